The van der Waals surface area contributed by atoms with Crippen molar-refractivity contribution < 1.29 is 4.79 Å². The van der Waals surface area contributed by atoms with Crippen molar-refractivity contribution in [2.75, 3.05) is 24.1 Å². The molecule has 2 atom stereocenters. The normalized spacial score (nSPS) is 23.2. The van der Waals surface area contributed by atoms with Gasteiger partial charge in [0.2, 0.25) is 5.91 Å². The molecule has 7 nitrogen and oxygen atoms in total. The molecule has 1 saturated heterocycles. The second-order valence-electron chi connectivity index (χ2n) is 7.91. The van der Waals surface area contributed by atoms with Crippen molar-refractivity contribution in [2.45, 2.75) is 19.8 Å². The smallest absolute Gasteiger partial charge is 0.229 e. The molecule has 1 spiro atoms. The van der Waals surface area contributed by atoms with E-state index >= 15 is 0 Å². The van der Waals surface area contributed by atoms with Crippen LogP contribution in [-0.2, 0) is 4.79 Å². The van der Waals surface area contributed by atoms with Gasteiger partial charge in [0.05, 0.1) is 5.69 Å². The number of hydrogen-bond donors (Lipinski definition) is 3. The number of anilines is 2. The lowest BCUT2D eigenvalue weighted by Gasteiger charge is -2.11. The number of nitrogen functional groups attached to an aromatic ring is 1. The number of aryl methyl sites for hydroxylation is 1. The van der Waals surface area contributed by atoms with Crippen LogP contribution in [0.5, 0.6) is 0 Å². The summed E-state index contributed by atoms with van der Waals surface area (Å²) >= 11 is 0. The zero-order valence-electron chi connectivity index (χ0n) is 15.7. The van der Waals surface area contributed by atoms with Gasteiger partial charge in [0.25, 0.3) is 0 Å². The third-order valence-corrected chi connectivity index (χ3v) is 6.09. The van der Waals surface area contributed by atoms with E-state index in [0.29, 0.717) is 11.6 Å². The maximum absolute atomic E-state index is 12.6. The van der Waals surface area contributed by atoms with E-state index in [1.54, 1.807) is 18.6 Å². The highest BCUT2D eigenvalue weighted by Gasteiger charge is 2.58. The highest BCUT2D eigenvalue weighted by atomic mass is 16.2. The van der Waals surface area contributed by atoms with Crippen LogP contribution in [0, 0.1) is 18.3 Å². The Morgan fingerprint density at radius 3 is 3.04 bits per heavy atom. The molecule has 5 rings (SSSR count). The van der Waals surface area contributed by atoms with Crippen LogP contribution in [0.4, 0.5) is 11.6 Å². The predicted octanol–water partition coefficient (Wildman–Crippen LogP) is 2.52. The lowest BCUT2D eigenvalue weighted by molar-refractivity contribution is -0.118. The van der Waals surface area contributed by atoms with Crippen molar-refractivity contribution >= 4 is 28.3 Å². The van der Waals surface area contributed by atoms with Crippen molar-refractivity contribution in [3.63, 3.8) is 0 Å². The van der Waals surface area contributed by atoms with Gasteiger partial charge < -0.3 is 16.4 Å². The highest BCUT2D eigenvalue weighted by Crippen LogP contribution is 2.56. The van der Waals surface area contributed by atoms with Crippen LogP contribution in [0.2, 0.25) is 0 Å². The van der Waals surface area contributed by atoms with E-state index in [-0.39, 0.29) is 17.2 Å². The molecule has 3 aromatic rings. The molecule has 0 aromatic carbocycles. The molecule has 0 unspecified atom stereocenters. The lowest BCUT2D eigenvalue weighted by Crippen LogP contribution is -2.20. The number of nitrogens with zero attached hydrogens (tertiary/aromatic N) is 3. The summed E-state index contributed by atoms with van der Waals surface area (Å²) in [5.74, 6) is 1.10. The topological polar surface area (TPSA) is 106 Å². The number of hydrogen-bond acceptors (Lipinski definition) is 6. The van der Waals surface area contributed by atoms with E-state index in [9.17, 15) is 4.79 Å². The Balaban J connectivity index is 1.45. The summed E-state index contributed by atoms with van der Waals surface area (Å²) in [7, 11) is 0. The van der Waals surface area contributed by atoms with Gasteiger partial charge in [-0.15, -0.1) is 0 Å². The molecular weight excluding hydrogens is 352 g/mol. The number of nitrogens with one attached hydrogen (secondary N) is 2. The van der Waals surface area contributed by atoms with Gasteiger partial charge in [-0.1, -0.05) is 0 Å². The highest BCUT2D eigenvalue weighted by molar-refractivity contribution is 5.98. The monoisotopic (exact) mass is 374 g/mol. The van der Waals surface area contributed by atoms with Crippen LogP contribution in [0.3, 0.4) is 0 Å². The van der Waals surface area contributed by atoms with E-state index in [4.69, 9.17) is 5.73 Å². The SMILES string of the molecule is Cc1ccncc1-c1cc2cc(NC(=O)[C@@H]3C[C@]34CCNC4)ncc2c(N)n1. The van der Waals surface area contributed by atoms with Crippen LogP contribution in [0.15, 0.2) is 36.8 Å². The number of carbonyl (C=O) groups excluding carboxylic acids is 1. The second-order valence-corrected chi connectivity index (χ2v) is 7.91. The Morgan fingerprint density at radius 1 is 1.36 bits per heavy atom. The summed E-state index contributed by atoms with van der Waals surface area (Å²) in [5, 5.41) is 8.01. The van der Waals surface area contributed by atoms with Crippen molar-refractivity contribution in [1.29, 1.82) is 0 Å². The molecule has 28 heavy (non-hydrogen) atoms. The largest absolute Gasteiger partial charge is 0.383 e. The van der Waals surface area contributed by atoms with E-state index in [2.05, 4.69) is 25.6 Å². The molecule has 1 aliphatic carbocycles. The van der Waals surface area contributed by atoms with Crippen LogP contribution in [-0.4, -0.2) is 33.9 Å². The maximum atomic E-state index is 12.6. The number of amides is 1. The summed E-state index contributed by atoms with van der Waals surface area (Å²) in [4.78, 5) is 25.7. The first kappa shape index (κ1) is 17.1. The fourth-order valence-electron chi connectivity index (χ4n) is 4.28. The van der Waals surface area contributed by atoms with Gasteiger partial charge in [0, 0.05) is 42.0 Å². The van der Waals surface area contributed by atoms with Gasteiger partial charge in [-0.25, -0.2) is 9.97 Å². The molecule has 4 N–H and O–H groups in total. The molecule has 0 radical (unpaired) electrons. The number of fused-ring (bicyclic) bond motifs is 1. The second kappa shape index (κ2) is 6.24. The first-order valence-electron chi connectivity index (χ1n) is 9.55. The molecule has 2 aliphatic rings. The Labute approximate surface area is 162 Å². The first-order chi connectivity index (χ1) is 13.6. The van der Waals surface area contributed by atoms with E-state index in [1.165, 1.54) is 0 Å². The lowest BCUT2D eigenvalue weighted by atomic mass is 10.0. The quantitative estimate of drug-likeness (QED) is 0.650. The third-order valence-electron chi connectivity index (χ3n) is 6.09. The molecule has 2 fully saturated rings. The van der Waals surface area contributed by atoms with Gasteiger partial charge in [0.1, 0.15) is 11.6 Å². The molecule has 7 heteroatoms. The molecular formula is C21H22N6O. The molecule has 142 valence electrons. The molecule has 1 amide bonds. The van der Waals surface area contributed by atoms with Crippen molar-refractivity contribution in [3.8, 4) is 11.3 Å². The van der Waals surface area contributed by atoms with Crippen LogP contribution >= 0.6 is 0 Å². The number of nitrogens with two attached hydrogens (primary N) is 1. The van der Waals surface area contributed by atoms with Crippen LogP contribution in [0.1, 0.15) is 18.4 Å². The Kier molecular flexibility index (Phi) is 3.80. The number of carbonyl (C=O) groups is 1. The summed E-state index contributed by atoms with van der Waals surface area (Å²) in [6.45, 7) is 3.95. The molecule has 3 aromatic heterocycles. The first-order valence-corrected chi connectivity index (χ1v) is 9.55. The fourth-order valence-corrected chi connectivity index (χ4v) is 4.28. The Hall–Kier alpha value is -3.06. The average molecular weight is 374 g/mol. The van der Waals surface area contributed by atoms with Gasteiger partial charge in [-0.2, -0.15) is 0 Å². The summed E-state index contributed by atoms with van der Waals surface area (Å²) in [6, 6.07) is 5.77. The predicted molar refractivity (Wildman–Crippen MR) is 109 cm³/mol. The van der Waals surface area contributed by atoms with Crippen molar-refractivity contribution in [2.24, 2.45) is 11.3 Å². The number of aromatic nitrogens is 3. The summed E-state index contributed by atoms with van der Waals surface area (Å²) in [5.41, 5.74) is 9.11. The van der Waals surface area contributed by atoms with Gasteiger partial charge in [-0.05, 0) is 60.9 Å². The van der Waals surface area contributed by atoms with E-state index < -0.39 is 0 Å². The summed E-state index contributed by atoms with van der Waals surface area (Å²) < 4.78 is 0. The minimum atomic E-state index is 0.0564. The van der Waals surface area contributed by atoms with E-state index in [1.807, 2.05) is 25.1 Å². The summed E-state index contributed by atoms with van der Waals surface area (Å²) in [6.07, 6.45) is 7.25. The fraction of sp³-hybridized carbons (Fsp3) is 0.333. The van der Waals surface area contributed by atoms with Gasteiger partial charge in [0.15, 0.2) is 0 Å². The number of pyridine rings is 3. The average Bonchev–Trinajstić information content (AvgIpc) is 3.18. The Bertz CT molecular complexity index is 1090. The minimum Gasteiger partial charge on any atom is -0.383 e. The van der Waals surface area contributed by atoms with Gasteiger partial charge in [-0.3, -0.25) is 9.78 Å². The molecule has 1 aliphatic heterocycles. The van der Waals surface area contributed by atoms with Gasteiger partial charge >= 0.3 is 0 Å². The number of rotatable bonds is 3. The zero-order valence-corrected chi connectivity index (χ0v) is 15.7. The minimum absolute atomic E-state index is 0.0564. The molecule has 0 bridgehead atoms. The van der Waals surface area contributed by atoms with E-state index in [0.717, 1.165) is 53.5 Å². The van der Waals surface area contributed by atoms with Crippen LogP contribution < -0.4 is 16.4 Å². The van der Waals surface area contributed by atoms with Crippen molar-refractivity contribution in [3.05, 3.63) is 42.4 Å². The Morgan fingerprint density at radius 2 is 2.25 bits per heavy atom. The third kappa shape index (κ3) is 2.79. The molecule has 4 heterocycles. The van der Waals surface area contributed by atoms with Crippen LogP contribution in [0.25, 0.3) is 22.0 Å². The maximum Gasteiger partial charge on any atom is 0.229 e. The standard InChI is InChI=1S/C21H22N6O/c1-12-2-4-23-9-14(12)17-6-13-7-18(25-10-15(13)19(22)26-17)27-20(28)16-8-21(16)3-5-24-11-21/h2,4,6-7,9-10,16,24H,3,5,8,11H2,1H3,(H2,22,26)(H,25,27,28)/t16-,21-/m0/s1. The molecule has 1 saturated carbocycles. The van der Waals surface area contributed by atoms with Crippen molar-refractivity contribution in [1.82, 2.24) is 20.3 Å². The zero-order chi connectivity index (χ0) is 19.3.